The molecule has 0 fully saturated rings. The van der Waals surface area contributed by atoms with Crippen LogP contribution >= 0.6 is 0 Å². The third-order valence-electron chi connectivity index (χ3n) is 3.39. The van der Waals surface area contributed by atoms with E-state index in [4.69, 9.17) is 4.74 Å². The van der Waals surface area contributed by atoms with E-state index < -0.39 is 0 Å². The highest BCUT2D eigenvalue weighted by Crippen LogP contribution is 2.29. The molecule has 0 saturated carbocycles. The molecule has 0 saturated heterocycles. The summed E-state index contributed by atoms with van der Waals surface area (Å²) in [4.78, 5) is 2.21. The fourth-order valence-corrected chi connectivity index (χ4v) is 2.33. The molecule has 1 atom stereocenters. The molecule has 114 valence electrons. The third-order valence-corrected chi connectivity index (χ3v) is 3.39. The zero-order chi connectivity index (χ0) is 15.1. The van der Waals surface area contributed by atoms with Crippen LogP contribution in [0.5, 0.6) is 0 Å². The molecule has 0 radical (unpaired) electrons. The lowest BCUT2D eigenvalue weighted by molar-refractivity contribution is 0.204. The Bertz CT molecular complexity index is 409. The predicted molar refractivity (Wildman–Crippen MR) is 82.8 cm³/mol. The SMILES string of the molecule is CNC(C)c1c(F)cccc1N(CCOC)CC(C)C. The molecule has 1 aromatic rings. The van der Waals surface area contributed by atoms with Crippen LogP contribution in [0.3, 0.4) is 0 Å². The van der Waals surface area contributed by atoms with E-state index in [0.717, 1.165) is 24.3 Å². The lowest BCUT2D eigenvalue weighted by Crippen LogP contribution is -2.33. The summed E-state index contributed by atoms with van der Waals surface area (Å²) in [5.41, 5.74) is 1.68. The van der Waals surface area contributed by atoms with E-state index in [1.54, 1.807) is 13.2 Å². The average molecular weight is 282 g/mol. The smallest absolute Gasteiger partial charge is 0.130 e. The molecule has 4 heteroatoms. The molecule has 0 aliphatic heterocycles. The van der Waals surface area contributed by atoms with Gasteiger partial charge in [0.2, 0.25) is 0 Å². The van der Waals surface area contributed by atoms with E-state index in [2.05, 4.69) is 24.1 Å². The molecule has 20 heavy (non-hydrogen) atoms. The summed E-state index contributed by atoms with van der Waals surface area (Å²) in [5.74, 6) is 0.350. The van der Waals surface area contributed by atoms with Crippen molar-refractivity contribution in [2.24, 2.45) is 5.92 Å². The normalized spacial score (nSPS) is 12.8. The van der Waals surface area contributed by atoms with Gasteiger partial charge in [-0.05, 0) is 32.0 Å². The summed E-state index contributed by atoms with van der Waals surface area (Å²) in [7, 11) is 3.54. The summed E-state index contributed by atoms with van der Waals surface area (Å²) in [6.07, 6.45) is 0. The van der Waals surface area contributed by atoms with Crippen molar-refractivity contribution in [3.8, 4) is 0 Å². The van der Waals surface area contributed by atoms with Gasteiger partial charge in [0.25, 0.3) is 0 Å². The monoisotopic (exact) mass is 282 g/mol. The van der Waals surface area contributed by atoms with Gasteiger partial charge in [-0.25, -0.2) is 4.39 Å². The highest BCUT2D eigenvalue weighted by molar-refractivity contribution is 5.55. The second-order valence-corrected chi connectivity index (χ2v) is 5.52. The standard InChI is InChI=1S/C16H27FN2O/c1-12(2)11-19(9-10-20-5)15-8-6-7-14(17)16(15)13(3)18-4/h6-8,12-13,18H,9-11H2,1-5H3. The number of anilines is 1. The molecule has 0 aromatic heterocycles. The highest BCUT2D eigenvalue weighted by Gasteiger charge is 2.19. The second-order valence-electron chi connectivity index (χ2n) is 5.52. The third kappa shape index (κ3) is 4.46. The molecule has 1 unspecified atom stereocenters. The highest BCUT2D eigenvalue weighted by atomic mass is 19.1. The average Bonchev–Trinajstić information content (AvgIpc) is 2.42. The van der Waals surface area contributed by atoms with Crippen LogP contribution in [0.25, 0.3) is 0 Å². The van der Waals surface area contributed by atoms with Crippen molar-refractivity contribution < 1.29 is 9.13 Å². The van der Waals surface area contributed by atoms with Gasteiger partial charge < -0.3 is 15.0 Å². The maximum atomic E-state index is 14.2. The first kappa shape index (κ1) is 16.9. The molecule has 1 rings (SSSR count). The number of nitrogens with zero attached hydrogens (tertiary/aromatic N) is 1. The summed E-state index contributed by atoms with van der Waals surface area (Å²) in [5, 5.41) is 3.13. The Morgan fingerprint density at radius 1 is 1.30 bits per heavy atom. The predicted octanol–water partition coefficient (Wildman–Crippen LogP) is 3.21. The van der Waals surface area contributed by atoms with Gasteiger partial charge in [0.15, 0.2) is 0 Å². The van der Waals surface area contributed by atoms with Crippen LogP contribution in [0, 0.1) is 11.7 Å². The zero-order valence-electron chi connectivity index (χ0n) is 13.2. The summed E-state index contributed by atoms with van der Waals surface area (Å²) < 4.78 is 19.4. The minimum Gasteiger partial charge on any atom is -0.383 e. The fourth-order valence-electron chi connectivity index (χ4n) is 2.33. The van der Waals surface area contributed by atoms with Crippen LogP contribution < -0.4 is 10.2 Å². The Balaban J connectivity index is 3.13. The number of nitrogens with one attached hydrogen (secondary N) is 1. The molecule has 0 aliphatic rings. The molecule has 0 spiro atoms. The topological polar surface area (TPSA) is 24.5 Å². The van der Waals surface area contributed by atoms with Crippen LogP contribution in [0.1, 0.15) is 32.4 Å². The Kier molecular flexibility index (Phi) is 6.96. The van der Waals surface area contributed by atoms with Crippen molar-refractivity contribution in [2.75, 3.05) is 38.8 Å². The molecule has 0 aliphatic carbocycles. The van der Waals surface area contributed by atoms with Crippen molar-refractivity contribution >= 4 is 5.69 Å². The van der Waals surface area contributed by atoms with Gasteiger partial charge in [0.05, 0.1) is 6.61 Å². The maximum Gasteiger partial charge on any atom is 0.130 e. The van der Waals surface area contributed by atoms with Crippen LogP contribution in [0.4, 0.5) is 10.1 Å². The first-order valence-corrected chi connectivity index (χ1v) is 7.20. The molecule has 0 bridgehead atoms. The van der Waals surface area contributed by atoms with Gasteiger partial charge in [0, 0.05) is 37.5 Å². The zero-order valence-corrected chi connectivity index (χ0v) is 13.2. The van der Waals surface area contributed by atoms with E-state index in [-0.39, 0.29) is 11.9 Å². The quantitative estimate of drug-likeness (QED) is 0.792. The molecule has 0 amide bonds. The van der Waals surface area contributed by atoms with Crippen molar-refractivity contribution in [3.63, 3.8) is 0 Å². The number of rotatable bonds is 8. The van der Waals surface area contributed by atoms with Gasteiger partial charge in [0.1, 0.15) is 5.82 Å². The van der Waals surface area contributed by atoms with Gasteiger partial charge >= 0.3 is 0 Å². The molecule has 3 nitrogen and oxygen atoms in total. The van der Waals surface area contributed by atoms with Gasteiger partial charge in [-0.15, -0.1) is 0 Å². The number of ether oxygens (including phenoxy) is 1. The van der Waals surface area contributed by atoms with E-state index in [1.807, 2.05) is 20.0 Å². The number of hydrogen-bond acceptors (Lipinski definition) is 3. The van der Waals surface area contributed by atoms with E-state index in [9.17, 15) is 4.39 Å². The van der Waals surface area contributed by atoms with E-state index >= 15 is 0 Å². The first-order valence-electron chi connectivity index (χ1n) is 7.20. The van der Waals surface area contributed by atoms with Crippen molar-refractivity contribution in [1.29, 1.82) is 0 Å². The van der Waals surface area contributed by atoms with E-state index in [1.165, 1.54) is 6.07 Å². The Labute approximate surface area is 122 Å². The first-order chi connectivity index (χ1) is 9.51. The fraction of sp³-hybridized carbons (Fsp3) is 0.625. The molecule has 1 aromatic carbocycles. The Hall–Kier alpha value is -1.13. The van der Waals surface area contributed by atoms with Crippen LogP contribution in [0.15, 0.2) is 18.2 Å². The number of benzene rings is 1. The van der Waals surface area contributed by atoms with E-state index in [0.29, 0.717) is 12.5 Å². The largest absolute Gasteiger partial charge is 0.383 e. The Morgan fingerprint density at radius 3 is 2.55 bits per heavy atom. The van der Waals surface area contributed by atoms with Crippen LogP contribution in [-0.4, -0.2) is 33.9 Å². The lowest BCUT2D eigenvalue weighted by Gasteiger charge is -2.30. The minimum absolute atomic E-state index is 0.0246. The van der Waals surface area contributed by atoms with Crippen molar-refractivity contribution in [1.82, 2.24) is 5.32 Å². The lowest BCUT2D eigenvalue weighted by atomic mass is 10.0. The van der Waals surface area contributed by atoms with Gasteiger partial charge in [-0.1, -0.05) is 19.9 Å². The second kappa shape index (κ2) is 8.22. The van der Waals surface area contributed by atoms with Gasteiger partial charge in [-0.2, -0.15) is 0 Å². The summed E-state index contributed by atoms with van der Waals surface area (Å²) >= 11 is 0. The summed E-state index contributed by atoms with van der Waals surface area (Å²) in [6, 6.07) is 5.26. The number of hydrogen-bond donors (Lipinski definition) is 1. The Morgan fingerprint density at radius 2 is 2.00 bits per heavy atom. The number of methoxy groups -OCH3 is 1. The molecule has 0 heterocycles. The minimum atomic E-state index is -0.157. The summed E-state index contributed by atoms with van der Waals surface area (Å²) in [6.45, 7) is 8.60. The molecular weight excluding hydrogens is 255 g/mol. The molecule has 1 N–H and O–H groups in total. The van der Waals surface area contributed by atoms with Crippen molar-refractivity contribution in [2.45, 2.75) is 26.8 Å². The molecular formula is C16H27FN2O. The maximum absolute atomic E-state index is 14.2. The number of halogens is 1. The van der Waals surface area contributed by atoms with Crippen LogP contribution in [0.2, 0.25) is 0 Å². The van der Waals surface area contributed by atoms with Crippen LogP contribution in [-0.2, 0) is 4.74 Å². The van der Waals surface area contributed by atoms with Gasteiger partial charge in [-0.3, -0.25) is 0 Å². The van der Waals surface area contributed by atoms with Crippen molar-refractivity contribution in [3.05, 3.63) is 29.6 Å².